The van der Waals surface area contributed by atoms with E-state index >= 15 is 0 Å². The van der Waals surface area contributed by atoms with Gasteiger partial charge in [-0.05, 0) is 52.9 Å². The predicted octanol–water partition coefficient (Wildman–Crippen LogP) is 4.98. The molecule has 0 saturated heterocycles. The number of rotatable bonds is 6. The summed E-state index contributed by atoms with van der Waals surface area (Å²) in [4.78, 5) is 8.51. The van der Waals surface area contributed by atoms with Gasteiger partial charge in [-0.1, -0.05) is 26.0 Å². The second-order valence-corrected chi connectivity index (χ2v) is 5.71. The van der Waals surface area contributed by atoms with E-state index in [1.54, 1.807) is 6.20 Å². The van der Waals surface area contributed by atoms with Crippen molar-refractivity contribution in [2.75, 3.05) is 11.9 Å². The van der Waals surface area contributed by atoms with Crippen LogP contribution < -0.4 is 10.1 Å². The molecule has 0 aliphatic carbocycles. The molecule has 0 amide bonds. The number of hydrogen-bond acceptors (Lipinski definition) is 4. The molecule has 1 atom stereocenters. The van der Waals surface area contributed by atoms with Crippen molar-refractivity contribution in [3.63, 3.8) is 0 Å². The number of ether oxygens (including phenoxy) is 1. The van der Waals surface area contributed by atoms with Crippen LogP contribution in [0.25, 0.3) is 0 Å². The molecule has 112 valence electrons. The van der Waals surface area contributed by atoms with Gasteiger partial charge < -0.3 is 10.1 Å². The number of nitrogens with zero attached hydrogens (tertiary/aromatic N) is 2. The quantitative estimate of drug-likeness (QED) is 0.798. The summed E-state index contributed by atoms with van der Waals surface area (Å²) in [5.41, 5.74) is 1.32. The fraction of sp³-hybridized carbons (Fsp3) is 0.375. The van der Waals surface area contributed by atoms with E-state index < -0.39 is 0 Å². The summed E-state index contributed by atoms with van der Waals surface area (Å²) in [6.07, 6.45) is 2.82. The highest BCUT2D eigenvalue weighted by Gasteiger charge is 2.08. The van der Waals surface area contributed by atoms with Gasteiger partial charge in [0.05, 0.1) is 10.7 Å². The van der Waals surface area contributed by atoms with E-state index in [-0.39, 0.29) is 0 Å². The highest BCUT2D eigenvalue weighted by Crippen LogP contribution is 2.29. The maximum absolute atomic E-state index is 5.83. The van der Waals surface area contributed by atoms with Crippen LogP contribution in [0.3, 0.4) is 0 Å². The summed E-state index contributed by atoms with van der Waals surface area (Å²) in [5.74, 6) is 2.40. The Morgan fingerprint density at radius 1 is 1.24 bits per heavy atom. The zero-order chi connectivity index (χ0) is 15.2. The Morgan fingerprint density at radius 3 is 2.57 bits per heavy atom. The van der Waals surface area contributed by atoms with Gasteiger partial charge in [-0.25, -0.2) is 4.98 Å². The van der Waals surface area contributed by atoms with Crippen LogP contribution in [0.4, 0.5) is 5.95 Å². The molecule has 0 radical (unpaired) electrons. The largest absolute Gasteiger partial charge is 0.438 e. The van der Waals surface area contributed by atoms with Crippen molar-refractivity contribution in [2.24, 2.45) is 0 Å². The molecule has 5 heteroatoms. The van der Waals surface area contributed by atoms with E-state index in [0.717, 1.165) is 23.2 Å². The van der Waals surface area contributed by atoms with Crippen LogP contribution in [0, 0.1) is 0 Å². The smallest absolute Gasteiger partial charge is 0.238 e. The second-order valence-electron chi connectivity index (χ2n) is 4.86. The lowest BCUT2D eigenvalue weighted by Crippen LogP contribution is -2.03. The Morgan fingerprint density at radius 2 is 1.95 bits per heavy atom. The molecular weight excluding hydrogens is 330 g/mol. The SMILES string of the molecule is CCNc1ncc(Br)c(Oc2ccc(C(C)CC)cc2)n1. The van der Waals surface area contributed by atoms with E-state index in [0.29, 0.717) is 17.7 Å². The Labute approximate surface area is 134 Å². The third-order valence-corrected chi connectivity index (χ3v) is 3.87. The molecule has 1 aromatic carbocycles. The molecule has 1 unspecified atom stereocenters. The van der Waals surface area contributed by atoms with Crippen molar-refractivity contribution in [3.05, 3.63) is 40.5 Å². The first-order valence-corrected chi connectivity index (χ1v) is 7.97. The van der Waals surface area contributed by atoms with Crippen LogP contribution in [0.15, 0.2) is 34.9 Å². The number of anilines is 1. The summed E-state index contributed by atoms with van der Waals surface area (Å²) in [6, 6.07) is 8.15. The van der Waals surface area contributed by atoms with Crippen LogP contribution in [0.1, 0.15) is 38.7 Å². The van der Waals surface area contributed by atoms with Gasteiger partial charge in [-0.2, -0.15) is 4.98 Å². The molecule has 0 saturated carbocycles. The average Bonchev–Trinajstić information content (AvgIpc) is 2.51. The third-order valence-electron chi connectivity index (χ3n) is 3.32. The number of aromatic nitrogens is 2. The lowest BCUT2D eigenvalue weighted by atomic mass is 9.99. The zero-order valence-electron chi connectivity index (χ0n) is 12.6. The van der Waals surface area contributed by atoms with E-state index in [4.69, 9.17) is 4.74 Å². The van der Waals surface area contributed by atoms with Crippen molar-refractivity contribution in [1.82, 2.24) is 9.97 Å². The van der Waals surface area contributed by atoms with Crippen molar-refractivity contribution < 1.29 is 4.74 Å². The third kappa shape index (κ3) is 4.17. The highest BCUT2D eigenvalue weighted by molar-refractivity contribution is 9.10. The van der Waals surface area contributed by atoms with Gasteiger partial charge in [0.2, 0.25) is 11.8 Å². The van der Waals surface area contributed by atoms with Gasteiger partial charge >= 0.3 is 0 Å². The summed E-state index contributed by atoms with van der Waals surface area (Å²) < 4.78 is 6.56. The Bertz CT molecular complexity index is 587. The topological polar surface area (TPSA) is 47.0 Å². The van der Waals surface area contributed by atoms with Gasteiger partial charge in [-0.3, -0.25) is 0 Å². The molecule has 21 heavy (non-hydrogen) atoms. The van der Waals surface area contributed by atoms with Crippen LogP contribution in [0.5, 0.6) is 11.6 Å². The minimum absolute atomic E-state index is 0.511. The molecule has 0 aliphatic rings. The fourth-order valence-electron chi connectivity index (χ4n) is 1.88. The van der Waals surface area contributed by atoms with E-state index in [1.807, 2.05) is 19.1 Å². The first-order valence-electron chi connectivity index (χ1n) is 7.18. The zero-order valence-corrected chi connectivity index (χ0v) is 14.1. The summed E-state index contributed by atoms with van der Waals surface area (Å²) in [6.45, 7) is 7.18. The molecule has 0 aliphatic heterocycles. The predicted molar refractivity (Wildman–Crippen MR) is 89.1 cm³/mol. The van der Waals surface area contributed by atoms with E-state index in [1.165, 1.54) is 5.56 Å². The number of benzene rings is 1. The van der Waals surface area contributed by atoms with Gasteiger partial charge in [0.25, 0.3) is 0 Å². The van der Waals surface area contributed by atoms with Crippen LogP contribution in [-0.2, 0) is 0 Å². The van der Waals surface area contributed by atoms with Crippen molar-refractivity contribution in [3.8, 4) is 11.6 Å². The molecule has 2 rings (SSSR count). The van der Waals surface area contributed by atoms with Gasteiger partial charge in [0.15, 0.2) is 0 Å². The molecule has 1 N–H and O–H groups in total. The highest BCUT2D eigenvalue weighted by atomic mass is 79.9. The molecule has 1 aromatic heterocycles. The Hall–Kier alpha value is -1.62. The second kappa shape index (κ2) is 7.41. The molecule has 0 spiro atoms. The van der Waals surface area contributed by atoms with Crippen molar-refractivity contribution >= 4 is 21.9 Å². The standard InChI is InChI=1S/C16H20BrN3O/c1-4-11(3)12-6-8-13(9-7-12)21-15-14(17)10-19-16(20-15)18-5-2/h6-11H,4-5H2,1-3H3,(H,18,19,20). The van der Waals surface area contributed by atoms with Crippen LogP contribution >= 0.6 is 15.9 Å². The maximum atomic E-state index is 5.83. The number of halogens is 1. The Balaban J connectivity index is 2.15. The first-order chi connectivity index (χ1) is 10.1. The summed E-state index contributed by atoms with van der Waals surface area (Å²) in [7, 11) is 0. The van der Waals surface area contributed by atoms with Gasteiger partial charge in [0.1, 0.15) is 5.75 Å². The monoisotopic (exact) mass is 349 g/mol. The molecular formula is C16H20BrN3O. The molecule has 1 heterocycles. The summed E-state index contributed by atoms with van der Waals surface area (Å²) in [5, 5.41) is 3.07. The van der Waals surface area contributed by atoms with Crippen molar-refractivity contribution in [2.45, 2.75) is 33.1 Å². The first kappa shape index (κ1) is 15.8. The minimum atomic E-state index is 0.511. The molecule has 2 aromatic rings. The lowest BCUT2D eigenvalue weighted by molar-refractivity contribution is 0.458. The Kier molecular flexibility index (Phi) is 5.56. The molecule has 0 bridgehead atoms. The normalized spacial score (nSPS) is 12.0. The average molecular weight is 350 g/mol. The number of nitrogens with one attached hydrogen (secondary N) is 1. The van der Waals surface area contributed by atoms with Crippen LogP contribution in [0.2, 0.25) is 0 Å². The van der Waals surface area contributed by atoms with E-state index in [2.05, 4.69) is 57.2 Å². The van der Waals surface area contributed by atoms with Crippen molar-refractivity contribution in [1.29, 1.82) is 0 Å². The minimum Gasteiger partial charge on any atom is -0.438 e. The fourth-order valence-corrected chi connectivity index (χ4v) is 2.15. The molecule has 4 nitrogen and oxygen atoms in total. The van der Waals surface area contributed by atoms with Gasteiger partial charge in [0, 0.05) is 6.54 Å². The lowest BCUT2D eigenvalue weighted by Gasteiger charge is -2.11. The number of hydrogen-bond donors (Lipinski definition) is 1. The van der Waals surface area contributed by atoms with E-state index in [9.17, 15) is 0 Å². The molecule has 0 fully saturated rings. The summed E-state index contributed by atoms with van der Waals surface area (Å²) >= 11 is 3.41. The van der Waals surface area contributed by atoms with Gasteiger partial charge in [-0.15, -0.1) is 0 Å². The maximum Gasteiger partial charge on any atom is 0.238 e. The van der Waals surface area contributed by atoms with Crippen LogP contribution in [-0.4, -0.2) is 16.5 Å².